The third kappa shape index (κ3) is 6.21. The van der Waals surface area contributed by atoms with E-state index in [1.54, 1.807) is 11.2 Å². The van der Waals surface area contributed by atoms with E-state index in [4.69, 9.17) is 4.42 Å². The number of amides is 2. The molecule has 0 radical (unpaired) electrons. The number of carbonyl (C=O) groups is 2. The summed E-state index contributed by atoms with van der Waals surface area (Å²) in [5.41, 5.74) is 2.67. The number of hydrogen-bond donors (Lipinski definition) is 1. The van der Waals surface area contributed by atoms with E-state index >= 15 is 0 Å². The van der Waals surface area contributed by atoms with Crippen LogP contribution in [-0.2, 0) is 17.9 Å². The lowest BCUT2D eigenvalue weighted by Gasteiger charge is -2.25. The molecule has 0 aliphatic carbocycles. The molecule has 6 nitrogen and oxygen atoms in total. The maximum atomic E-state index is 13.2. The van der Waals surface area contributed by atoms with Gasteiger partial charge in [-0.2, -0.15) is 0 Å². The lowest BCUT2D eigenvalue weighted by atomic mass is 10.1. The van der Waals surface area contributed by atoms with Gasteiger partial charge >= 0.3 is 0 Å². The van der Waals surface area contributed by atoms with Gasteiger partial charge in [-0.3, -0.25) is 9.59 Å². The number of nitrogens with zero attached hydrogens (tertiary/aromatic N) is 2. The van der Waals surface area contributed by atoms with Crippen molar-refractivity contribution in [2.24, 2.45) is 5.92 Å². The largest absolute Gasteiger partial charge is 0.467 e. The Labute approximate surface area is 187 Å². The molecule has 0 spiro atoms. The van der Waals surface area contributed by atoms with E-state index in [9.17, 15) is 9.59 Å². The van der Waals surface area contributed by atoms with Crippen LogP contribution in [0.5, 0.6) is 0 Å². The maximum absolute atomic E-state index is 13.2. The number of furan rings is 1. The minimum absolute atomic E-state index is 0.0133. The third-order valence-corrected chi connectivity index (χ3v) is 5.60. The number of rotatable bonds is 9. The van der Waals surface area contributed by atoms with Gasteiger partial charge in [-0.15, -0.1) is 11.3 Å². The summed E-state index contributed by atoms with van der Waals surface area (Å²) in [4.78, 5) is 29.9. The van der Waals surface area contributed by atoms with Crippen LogP contribution in [-0.4, -0.2) is 30.8 Å². The van der Waals surface area contributed by atoms with Crippen molar-refractivity contribution in [3.63, 3.8) is 0 Å². The molecule has 7 heteroatoms. The molecular weight excluding hydrogens is 410 g/mol. The Morgan fingerprint density at radius 3 is 2.52 bits per heavy atom. The molecule has 2 amide bonds. The van der Waals surface area contributed by atoms with Gasteiger partial charge in [0.05, 0.1) is 17.7 Å². The Hall–Kier alpha value is -3.06. The van der Waals surface area contributed by atoms with Gasteiger partial charge in [0, 0.05) is 38.4 Å². The smallest absolute Gasteiger partial charge is 0.264 e. The number of hydrogen-bond acceptors (Lipinski definition) is 5. The summed E-state index contributed by atoms with van der Waals surface area (Å²) < 4.78 is 5.50. The van der Waals surface area contributed by atoms with E-state index in [1.165, 1.54) is 11.3 Å². The molecule has 0 saturated carbocycles. The molecule has 1 N–H and O–H groups in total. The first-order valence-electron chi connectivity index (χ1n) is 10.3. The average molecular weight is 440 g/mol. The number of thiophene rings is 1. The monoisotopic (exact) mass is 439 g/mol. The Bertz CT molecular complexity index is 995. The van der Waals surface area contributed by atoms with E-state index < -0.39 is 0 Å². The van der Waals surface area contributed by atoms with Crippen LogP contribution >= 0.6 is 11.3 Å². The molecule has 1 aromatic carbocycles. The molecule has 164 valence electrons. The summed E-state index contributed by atoms with van der Waals surface area (Å²) in [5, 5.41) is 4.88. The van der Waals surface area contributed by atoms with Gasteiger partial charge in [0.15, 0.2) is 0 Å². The fraction of sp³-hybridized carbons (Fsp3) is 0.333. The van der Waals surface area contributed by atoms with Gasteiger partial charge in [-0.25, -0.2) is 0 Å². The normalized spacial score (nSPS) is 10.9. The Morgan fingerprint density at radius 1 is 1.10 bits per heavy atom. The second-order valence-corrected chi connectivity index (χ2v) is 9.05. The Kier molecular flexibility index (Phi) is 7.52. The summed E-state index contributed by atoms with van der Waals surface area (Å²) in [6.07, 6.45) is 2.07. The van der Waals surface area contributed by atoms with Gasteiger partial charge in [-0.1, -0.05) is 19.9 Å². The summed E-state index contributed by atoms with van der Waals surface area (Å²) in [5.74, 6) is 0.941. The predicted octanol–water partition coefficient (Wildman–Crippen LogP) is 5.23. The SMILES string of the molecule is CC(C)CC(=O)Nc1ccc(N(C)C)c(CN(Cc2ccco2)C(=O)c2cccs2)c1. The molecule has 0 aliphatic rings. The van der Waals surface area contributed by atoms with E-state index in [0.717, 1.165) is 22.7 Å². The molecule has 31 heavy (non-hydrogen) atoms. The maximum Gasteiger partial charge on any atom is 0.264 e. The quantitative estimate of drug-likeness (QED) is 0.495. The average Bonchev–Trinajstić information content (AvgIpc) is 3.40. The van der Waals surface area contributed by atoms with Crippen LogP contribution in [0.2, 0.25) is 0 Å². The zero-order valence-electron chi connectivity index (χ0n) is 18.4. The van der Waals surface area contributed by atoms with Gasteiger partial charge in [-0.05, 0) is 53.3 Å². The fourth-order valence-corrected chi connectivity index (χ4v) is 4.05. The summed E-state index contributed by atoms with van der Waals surface area (Å²) >= 11 is 1.42. The molecule has 0 fully saturated rings. The van der Waals surface area contributed by atoms with Crippen LogP contribution in [0.25, 0.3) is 0 Å². The molecule has 0 saturated heterocycles. The summed E-state index contributed by atoms with van der Waals surface area (Å²) in [6.45, 7) is 4.78. The van der Waals surface area contributed by atoms with E-state index in [1.807, 2.05) is 80.7 Å². The van der Waals surface area contributed by atoms with Crippen molar-refractivity contribution in [3.8, 4) is 0 Å². The van der Waals surface area contributed by atoms with Crippen molar-refractivity contribution in [2.75, 3.05) is 24.3 Å². The van der Waals surface area contributed by atoms with Gasteiger partial charge in [0.1, 0.15) is 5.76 Å². The van der Waals surface area contributed by atoms with Crippen LogP contribution in [0, 0.1) is 5.92 Å². The molecule has 3 rings (SSSR count). The van der Waals surface area contributed by atoms with Crippen molar-refractivity contribution in [2.45, 2.75) is 33.4 Å². The first-order chi connectivity index (χ1) is 14.8. The zero-order valence-corrected chi connectivity index (χ0v) is 19.2. The Morgan fingerprint density at radius 2 is 1.90 bits per heavy atom. The molecule has 0 bridgehead atoms. The van der Waals surface area contributed by atoms with Crippen LogP contribution in [0.4, 0.5) is 11.4 Å². The fourth-order valence-electron chi connectivity index (χ4n) is 3.36. The van der Waals surface area contributed by atoms with Crippen LogP contribution in [0.15, 0.2) is 58.5 Å². The second kappa shape index (κ2) is 10.3. The highest BCUT2D eigenvalue weighted by molar-refractivity contribution is 7.12. The summed E-state index contributed by atoms with van der Waals surface area (Å²) in [7, 11) is 3.93. The predicted molar refractivity (Wildman–Crippen MR) is 125 cm³/mol. The molecule has 2 heterocycles. The lowest BCUT2D eigenvalue weighted by molar-refractivity contribution is -0.116. The van der Waals surface area contributed by atoms with Gasteiger partial charge < -0.3 is 19.5 Å². The van der Waals surface area contributed by atoms with Crippen molar-refractivity contribution in [3.05, 3.63) is 70.3 Å². The molecule has 2 aromatic heterocycles. The highest BCUT2D eigenvalue weighted by Crippen LogP contribution is 2.27. The highest BCUT2D eigenvalue weighted by atomic mass is 32.1. The number of anilines is 2. The van der Waals surface area contributed by atoms with Crippen LogP contribution < -0.4 is 10.2 Å². The van der Waals surface area contributed by atoms with Crippen LogP contribution in [0.3, 0.4) is 0 Å². The first-order valence-corrected chi connectivity index (χ1v) is 11.2. The summed E-state index contributed by atoms with van der Waals surface area (Å²) in [6, 6.07) is 13.2. The van der Waals surface area contributed by atoms with Gasteiger partial charge in [0.2, 0.25) is 5.91 Å². The number of benzene rings is 1. The Balaban J connectivity index is 1.89. The van der Waals surface area contributed by atoms with Gasteiger partial charge in [0.25, 0.3) is 5.91 Å². The number of carbonyl (C=O) groups excluding carboxylic acids is 2. The lowest BCUT2D eigenvalue weighted by Crippen LogP contribution is -2.30. The first kappa shape index (κ1) is 22.6. The molecule has 0 unspecified atom stereocenters. The zero-order chi connectivity index (χ0) is 22.4. The minimum Gasteiger partial charge on any atom is -0.467 e. The topological polar surface area (TPSA) is 65.8 Å². The number of nitrogens with one attached hydrogen (secondary N) is 1. The molecule has 0 atom stereocenters. The minimum atomic E-state index is -0.0506. The molecular formula is C24H29N3O3S. The van der Waals surface area contributed by atoms with E-state index in [2.05, 4.69) is 5.32 Å². The molecule has 3 aromatic rings. The standard InChI is InChI=1S/C24H29N3O3S/c1-17(2)13-23(28)25-19-9-10-21(26(3)4)18(14-19)15-27(16-20-7-5-11-30-20)24(29)22-8-6-12-31-22/h5-12,14,17H,13,15-16H2,1-4H3,(H,25,28). The third-order valence-electron chi connectivity index (χ3n) is 4.75. The van der Waals surface area contributed by atoms with Crippen molar-refractivity contribution in [1.82, 2.24) is 4.90 Å². The second-order valence-electron chi connectivity index (χ2n) is 8.10. The van der Waals surface area contributed by atoms with Crippen molar-refractivity contribution >= 4 is 34.5 Å². The van der Waals surface area contributed by atoms with E-state index in [0.29, 0.717) is 24.4 Å². The van der Waals surface area contributed by atoms with Crippen molar-refractivity contribution < 1.29 is 14.0 Å². The highest BCUT2D eigenvalue weighted by Gasteiger charge is 2.21. The van der Waals surface area contributed by atoms with E-state index in [-0.39, 0.29) is 17.7 Å². The van der Waals surface area contributed by atoms with Crippen LogP contribution in [0.1, 0.15) is 41.3 Å². The van der Waals surface area contributed by atoms with Crippen molar-refractivity contribution in [1.29, 1.82) is 0 Å². The molecule has 0 aliphatic heterocycles.